The van der Waals surface area contributed by atoms with Gasteiger partial charge in [0.2, 0.25) is 0 Å². The normalized spacial score (nSPS) is 16.6. The van der Waals surface area contributed by atoms with Crippen molar-refractivity contribution in [2.45, 2.75) is 44.8 Å². The van der Waals surface area contributed by atoms with Crippen LogP contribution in [0.15, 0.2) is 29.3 Å². The molecule has 2 rings (SSSR count). The molecule has 3 N–H and O–H groups in total. The standard InChI is InChI=1S/C17H27N3O2.HI/c1-3-18-16(20-13-17(21)9-4-5-10-17)19-12-14-7-6-8-15(11-14)22-2;/h6-8,11,21H,3-5,9-10,12-13H2,1-2H3,(H2,18,19,20);1H. The van der Waals surface area contributed by atoms with Crippen LogP contribution in [0.5, 0.6) is 5.75 Å². The minimum Gasteiger partial charge on any atom is -0.497 e. The number of nitrogens with zero attached hydrogens (tertiary/aromatic N) is 1. The summed E-state index contributed by atoms with van der Waals surface area (Å²) >= 11 is 0. The minimum absolute atomic E-state index is 0. The number of aliphatic hydroxyl groups is 1. The predicted molar refractivity (Wildman–Crippen MR) is 105 cm³/mol. The lowest BCUT2D eigenvalue weighted by atomic mass is 10.0. The van der Waals surface area contributed by atoms with Gasteiger partial charge in [-0.15, -0.1) is 24.0 Å². The molecule has 0 heterocycles. The first-order valence-corrected chi connectivity index (χ1v) is 8.03. The fourth-order valence-electron chi connectivity index (χ4n) is 2.74. The Morgan fingerprint density at radius 3 is 2.70 bits per heavy atom. The van der Waals surface area contributed by atoms with Crippen LogP contribution >= 0.6 is 24.0 Å². The van der Waals surface area contributed by atoms with E-state index in [1.54, 1.807) is 7.11 Å². The van der Waals surface area contributed by atoms with Crippen LogP contribution in [0, 0.1) is 0 Å². The molecule has 0 aromatic heterocycles. The quantitative estimate of drug-likeness (QED) is 0.367. The molecule has 0 spiro atoms. The predicted octanol–water partition coefficient (Wildman–Crippen LogP) is 2.67. The van der Waals surface area contributed by atoms with Crippen LogP contribution < -0.4 is 15.4 Å². The van der Waals surface area contributed by atoms with Gasteiger partial charge in [-0.1, -0.05) is 25.0 Å². The second-order valence-corrected chi connectivity index (χ2v) is 5.83. The first-order chi connectivity index (χ1) is 10.6. The van der Waals surface area contributed by atoms with Crippen LogP contribution in [-0.4, -0.2) is 36.9 Å². The van der Waals surface area contributed by atoms with E-state index in [0.29, 0.717) is 13.1 Å². The van der Waals surface area contributed by atoms with Crippen molar-refractivity contribution in [1.82, 2.24) is 10.6 Å². The molecule has 5 nitrogen and oxygen atoms in total. The van der Waals surface area contributed by atoms with E-state index in [1.165, 1.54) is 0 Å². The van der Waals surface area contributed by atoms with E-state index in [0.717, 1.165) is 49.5 Å². The third-order valence-corrected chi connectivity index (χ3v) is 4.02. The van der Waals surface area contributed by atoms with Crippen molar-refractivity contribution in [3.8, 4) is 5.75 Å². The van der Waals surface area contributed by atoms with E-state index < -0.39 is 5.60 Å². The Kier molecular flexibility index (Phi) is 8.68. The highest BCUT2D eigenvalue weighted by Crippen LogP contribution is 2.28. The molecule has 23 heavy (non-hydrogen) atoms. The molecule has 1 fully saturated rings. The average Bonchev–Trinajstić information content (AvgIpc) is 2.97. The van der Waals surface area contributed by atoms with Gasteiger partial charge >= 0.3 is 0 Å². The molecule has 1 aromatic carbocycles. The maximum atomic E-state index is 10.4. The van der Waals surface area contributed by atoms with E-state index in [-0.39, 0.29) is 24.0 Å². The molecule has 0 unspecified atom stereocenters. The van der Waals surface area contributed by atoms with Crippen molar-refractivity contribution >= 4 is 29.9 Å². The molecular formula is C17H28IN3O2. The Morgan fingerprint density at radius 1 is 1.30 bits per heavy atom. The highest BCUT2D eigenvalue weighted by molar-refractivity contribution is 14.0. The van der Waals surface area contributed by atoms with Gasteiger partial charge < -0.3 is 20.5 Å². The summed E-state index contributed by atoms with van der Waals surface area (Å²) in [6, 6.07) is 7.90. The van der Waals surface area contributed by atoms with Gasteiger partial charge in [-0.05, 0) is 37.5 Å². The zero-order valence-electron chi connectivity index (χ0n) is 14.0. The second-order valence-electron chi connectivity index (χ2n) is 5.83. The van der Waals surface area contributed by atoms with E-state index in [2.05, 4.69) is 15.6 Å². The number of methoxy groups -OCH3 is 1. The average molecular weight is 433 g/mol. The van der Waals surface area contributed by atoms with Crippen molar-refractivity contribution < 1.29 is 9.84 Å². The summed E-state index contributed by atoms with van der Waals surface area (Å²) in [5.74, 6) is 1.58. The number of halogens is 1. The van der Waals surface area contributed by atoms with Crippen molar-refractivity contribution in [1.29, 1.82) is 0 Å². The maximum absolute atomic E-state index is 10.4. The molecule has 0 atom stereocenters. The van der Waals surface area contributed by atoms with Gasteiger partial charge in [0.05, 0.1) is 19.3 Å². The highest BCUT2D eigenvalue weighted by Gasteiger charge is 2.30. The van der Waals surface area contributed by atoms with Gasteiger partial charge in [0.1, 0.15) is 5.75 Å². The van der Waals surface area contributed by atoms with Gasteiger partial charge in [0, 0.05) is 13.1 Å². The van der Waals surface area contributed by atoms with Crippen LogP contribution in [0.2, 0.25) is 0 Å². The van der Waals surface area contributed by atoms with Crippen molar-refractivity contribution in [2.75, 3.05) is 20.2 Å². The lowest BCUT2D eigenvalue weighted by Crippen LogP contribution is -2.46. The second kappa shape index (κ2) is 9.97. The van der Waals surface area contributed by atoms with Crippen LogP contribution in [0.1, 0.15) is 38.2 Å². The number of ether oxygens (including phenoxy) is 1. The van der Waals surface area contributed by atoms with Crippen molar-refractivity contribution in [3.05, 3.63) is 29.8 Å². The fraction of sp³-hybridized carbons (Fsp3) is 0.588. The van der Waals surface area contributed by atoms with E-state index in [4.69, 9.17) is 4.74 Å². The molecule has 1 aliphatic rings. The molecule has 1 aromatic rings. The smallest absolute Gasteiger partial charge is 0.191 e. The number of hydrogen-bond acceptors (Lipinski definition) is 3. The van der Waals surface area contributed by atoms with Crippen molar-refractivity contribution in [3.63, 3.8) is 0 Å². The minimum atomic E-state index is -0.577. The Labute approximate surface area is 155 Å². The lowest BCUT2D eigenvalue weighted by molar-refractivity contribution is 0.0522. The topological polar surface area (TPSA) is 65.9 Å². The van der Waals surface area contributed by atoms with Crippen molar-refractivity contribution in [2.24, 2.45) is 4.99 Å². The van der Waals surface area contributed by atoms with Gasteiger partial charge in [-0.3, -0.25) is 0 Å². The number of benzene rings is 1. The Balaban J connectivity index is 0.00000264. The third-order valence-electron chi connectivity index (χ3n) is 4.02. The summed E-state index contributed by atoms with van der Waals surface area (Å²) in [6.07, 6.45) is 3.95. The fourth-order valence-corrected chi connectivity index (χ4v) is 2.74. The summed E-state index contributed by atoms with van der Waals surface area (Å²) in [7, 11) is 1.66. The van der Waals surface area contributed by atoms with Crippen LogP contribution in [0.4, 0.5) is 0 Å². The monoisotopic (exact) mass is 433 g/mol. The summed E-state index contributed by atoms with van der Waals surface area (Å²) in [5, 5.41) is 16.9. The molecule has 0 saturated heterocycles. The zero-order valence-corrected chi connectivity index (χ0v) is 16.3. The molecule has 0 aliphatic heterocycles. The summed E-state index contributed by atoms with van der Waals surface area (Å²) in [5.41, 5.74) is 0.516. The molecule has 1 saturated carbocycles. The van der Waals surface area contributed by atoms with Gasteiger partial charge in [-0.2, -0.15) is 0 Å². The molecule has 0 bridgehead atoms. The molecule has 0 radical (unpaired) electrons. The lowest BCUT2D eigenvalue weighted by Gasteiger charge is -2.23. The summed E-state index contributed by atoms with van der Waals surface area (Å²) < 4.78 is 5.22. The zero-order chi connectivity index (χ0) is 15.8. The molecule has 0 amide bonds. The SMILES string of the molecule is CCNC(=NCc1cccc(OC)c1)NCC1(O)CCCC1.I. The summed E-state index contributed by atoms with van der Waals surface area (Å²) in [4.78, 5) is 4.58. The Morgan fingerprint density at radius 2 is 2.04 bits per heavy atom. The third kappa shape index (κ3) is 6.55. The van der Waals surface area contributed by atoms with Gasteiger partial charge in [0.15, 0.2) is 5.96 Å². The number of aliphatic imine (C=N–C) groups is 1. The molecule has 6 heteroatoms. The number of guanidine groups is 1. The Bertz CT molecular complexity index is 502. The molecular weight excluding hydrogens is 405 g/mol. The molecule has 1 aliphatic carbocycles. The van der Waals surface area contributed by atoms with E-state index in [1.807, 2.05) is 31.2 Å². The number of rotatable bonds is 6. The van der Waals surface area contributed by atoms with Gasteiger partial charge in [-0.25, -0.2) is 4.99 Å². The first-order valence-electron chi connectivity index (χ1n) is 8.03. The Hall–Kier alpha value is -1.02. The maximum Gasteiger partial charge on any atom is 0.191 e. The largest absolute Gasteiger partial charge is 0.497 e. The summed E-state index contributed by atoms with van der Waals surface area (Å²) in [6.45, 7) is 3.96. The number of hydrogen-bond donors (Lipinski definition) is 3. The highest BCUT2D eigenvalue weighted by atomic mass is 127. The van der Waals surface area contributed by atoms with E-state index >= 15 is 0 Å². The van der Waals surface area contributed by atoms with E-state index in [9.17, 15) is 5.11 Å². The molecule has 130 valence electrons. The number of nitrogens with one attached hydrogen (secondary N) is 2. The van der Waals surface area contributed by atoms with Gasteiger partial charge in [0.25, 0.3) is 0 Å². The van der Waals surface area contributed by atoms with Crippen LogP contribution in [-0.2, 0) is 6.54 Å². The first kappa shape index (κ1) is 20.0. The van der Waals surface area contributed by atoms with Crippen LogP contribution in [0.3, 0.4) is 0 Å². The van der Waals surface area contributed by atoms with Crippen LogP contribution in [0.25, 0.3) is 0 Å².